The van der Waals surface area contributed by atoms with Crippen LogP contribution in [0.2, 0.25) is 0 Å². The number of hydrogen-bond donors (Lipinski definition) is 1. The average Bonchev–Trinajstić information content (AvgIpc) is 2.15. The van der Waals surface area contributed by atoms with E-state index in [1.54, 1.807) is 0 Å². The minimum absolute atomic E-state index is 0.191. The van der Waals surface area contributed by atoms with Gasteiger partial charge in [0.25, 0.3) is 0 Å². The Morgan fingerprint density at radius 1 is 1.36 bits per heavy atom. The number of nitrogens with zero attached hydrogens (tertiary/aromatic N) is 1. The lowest BCUT2D eigenvalue weighted by atomic mass is 9.96. The van der Waals surface area contributed by atoms with Gasteiger partial charge < -0.3 is 5.73 Å². The number of rotatable bonds is 7. The van der Waals surface area contributed by atoms with Gasteiger partial charge in [-0.1, -0.05) is 20.8 Å². The molecule has 86 valence electrons. The summed E-state index contributed by atoms with van der Waals surface area (Å²) in [6.07, 6.45) is 3.72. The third-order valence-electron chi connectivity index (χ3n) is 3.40. The van der Waals surface area contributed by atoms with Crippen molar-refractivity contribution < 1.29 is 0 Å². The maximum absolute atomic E-state index is 5.81. The zero-order valence-corrected chi connectivity index (χ0v) is 10.6. The van der Waals surface area contributed by atoms with Crippen molar-refractivity contribution in [1.82, 2.24) is 4.90 Å². The van der Waals surface area contributed by atoms with E-state index in [0.717, 1.165) is 18.9 Å². The lowest BCUT2D eigenvalue weighted by molar-refractivity contribution is 0.135. The standard InChI is InChI=1S/C12H28N2/c1-6-12(4,10-13)14(5)9-7-8-11(2)3/h11H,6-10,13H2,1-5H3. The van der Waals surface area contributed by atoms with E-state index in [0.29, 0.717) is 0 Å². The molecule has 0 aromatic heterocycles. The Morgan fingerprint density at radius 2 is 1.93 bits per heavy atom. The second-order valence-electron chi connectivity index (χ2n) is 5.01. The second-order valence-corrected chi connectivity index (χ2v) is 5.01. The SMILES string of the molecule is CCC(C)(CN)N(C)CCCC(C)C. The van der Waals surface area contributed by atoms with E-state index in [9.17, 15) is 0 Å². The summed E-state index contributed by atoms with van der Waals surface area (Å²) in [5, 5.41) is 0. The normalized spacial score (nSPS) is 16.3. The lowest BCUT2D eigenvalue weighted by Gasteiger charge is -2.37. The van der Waals surface area contributed by atoms with Crippen molar-refractivity contribution in [3.8, 4) is 0 Å². The van der Waals surface area contributed by atoms with Gasteiger partial charge in [0.05, 0.1) is 0 Å². The molecule has 1 atom stereocenters. The highest BCUT2D eigenvalue weighted by atomic mass is 15.2. The van der Waals surface area contributed by atoms with Crippen LogP contribution in [-0.2, 0) is 0 Å². The summed E-state index contributed by atoms with van der Waals surface area (Å²) in [4.78, 5) is 2.41. The van der Waals surface area contributed by atoms with Gasteiger partial charge >= 0.3 is 0 Å². The Kier molecular flexibility index (Phi) is 6.38. The quantitative estimate of drug-likeness (QED) is 0.684. The predicted octanol–water partition coefficient (Wildman–Crippen LogP) is 2.48. The molecule has 0 aliphatic rings. The summed E-state index contributed by atoms with van der Waals surface area (Å²) < 4.78 is 0. The highest BCUT2D eigenvalue weighted by Gasteiger charge is 2.24. The molecule has 1 unspecified atom stereocenters. The molecule has 0 saturated heterocycles. The summed E-state index contributed by atoms with van der Waals surface area (Å²) in [5.41, 5.74) is 6.00. The summed E-state index contributed by atoms with van der Waals surface area (Å²) in [6, 6.07) is 0. The summed E-state index contributed by atoms with van der Waals surface area (Å²) in [7, 11) is 2.19. The van der Waals surface area contributed by atoms with E-state index in [1.807, 2.05) is 0 Å². The molecule has 0 fully saturated rings. The molecule has 0 amide bonds. The first-order chi connectivity index (χ1) is 6.46. The molecule has 0 radical (unpaired) electrons. The van der Waals surface area contributed by atoms with Crippen LogP contribution in [-0.4, -0.2) is 30.6 Å². The summed E-state index contributed by atoms with van der Waals surface area (Å²) in [5.74, 6) is 0.814. The van der Waals surface area contributed by atoms with Gasteiger partial charge in [-0.15, -0.1) is 0 Å². The van der Waals surface area contributed by atoms with Crippen LogP contribution < -0.4 is 5.73 Å². The van der Waals surface area contributed by atoms with Crippen molar-refractivity contribution in [1.29, 1.82) is 0 Å². The zero-order chi connectivity index (χ0) is 11.2. The fourth-order valence-electron chi connectivity index (χ4n) is 1.58. The fourth-order valence-corrected chi connectivity index (χ4v) is 1.58. The first-order valence-corrected chi connectivity index (χ1v) is 5.87. The molecule has 0 aromatic rings. The smallest absolute Gasteiger partial charge is 0.0297 e. The van der Waals surface area contributed by atoms with Gasteiger partial charge in [-0.3, -0.25) is 4.90 Å². The van der Waals surface area contributed by atoms with E-state index in [-0.39, 0.29) is 5.54 Å². The number of hydrogen-bond acceptors (Lipinski definition) is 2. The van der Waals surface area contributed by atoms with E-state index < -0.39 is 0 Å². The molecule has 2 N–H and O–H groups in total. The third-order valence-corrected chi connectivity index (χ3v) is 3.40. The first-order valence-electron chi connectivity index (χ1n) is 5.87. The second kappa shape index (κ2) is 6.41. The monoisotopic (exact) mass is 200 g/mol. The Morgan fingerprint density at radius 3 is 2.29 bits per heavy atom. The van der Waals surface area contributed by atoms with E-state index in [2.05, 4.69) is 39.6 Å². The van der Waals surface area contributed by atoms with Crippen LogP contribution >= 0.6 is 0 Å². The van der Waals surface area contributed by atoms with Gasteiger partial charge in [0.2, 0.25) is 0 Å². The van der Waals surface area contributed by atoms with Crippen LogP contribution in [0.5, 0.6) is 0 Å². The third kappa shape index (κ3) is 4.43. The minimum atomic E-state index is 0.191. The Labute approximate surface area is 89.9 Å². The van der Waals surface area contributed by atoms with Gasteiger partial charge in [-0.25, -0.2) is 0 Å². The van der Waals surface area contributed by atoms with E-state index in [1.165, 1.54) is 19.4 Å². The van der Waals surface area contributed by atoms with Crippen LogP contribution in [0.4, 0.5) is 0 Å². The molecule has 2 nitrogen and oxygen atoms in total. The van der Waals surface area contributed by atoms with Crippen molar-refractivity contribution in [2.24, 2.45) is 11.7 Å². The molecule has 0 aliphatic heterocycles. The van der Waals surface area contributed by atoms with Crippen molar-refractivity contribution in [3.63, 3.8) is 0 Å². The molecule has 0 saturated carbocycles. The summed E-state index contributed by atoms with van der Waals surface area (Å²) >= 11 is 0. The topological polar surface area (TPSA) is 29.3 Å². The van der Waals surface area contributed by atoms with E-state index in [4.69, 9.17) is 5.73 Å². The average molecular weight is 200 g/mol. The van der Waals surface area contributed by atoms with Crippen molar-refractivity contribution >= 4 is 0 Å². The maximum atomic E-state index is 5.81. The largest absolute Gasteiger partial charge is 0.329 e. The van der Waals surface area contributed by atoms with Crippen LogP contribution in [0.3, 0.4) is 0 Å². The van der Waals surface area contributed by atoms with Crippen molar-refractivity contribution in [2.75, 3.05) is 20.1 Å². The Balaban J connectivity index is 3.87. The van der Waals surface area contributed by atoms with Crippen LogP contribution in [0.25, 0.3) is 0 Å². The molecule has 0 heterocycles. The van der Waals surface area contributed by atoms with Gasteiger partial charge in [-0.2, -0.15) is 0 Å². The van der Waals surface area contributed by atoms with Crippen molar-refractivity contribution in [2.45, 2.75) is 52.5 Å². The number of likely N-dealkylation sites (N-methyl/N-ethyl adjacent to an activating group) is 1. The van der Waals surface area contributed by atoms with Crippen LogP contribution in [0, 0.1) is 5.92 Å². The Bertz CT molecular complexity index is 139. The molecule has 0 aliphatic carbocycles. The molecule has 0 bridgehead atoms. The first kappa shape index (κ1) is 13.9. The van der Waals surface area contributed by atoms with E-state index >= 15 is 0 Å². The molecule has 0 aromatic carbocycles. The molecule has 0 spiro atoms. The molecule has 0 rings (SSSR count). The number of nitrogens with two attached hydrogens (primary N) is 1. The Hall–Kier alpha value is -0.0800. The fraction of sp³-hybridized carbons (Fsp3) is 1.00. The van der Waals surface area contributed by atoms with Gasteiger partial charge in [-0.05, 0) is 45.7 Å². The van der Waals surface area contributed by atoms with Crippen LogP contribution in [0.1, 0.15) is 47.0 Å². The van der Waals surface area contributed by atoms with Crippen molar-refractivity contribution in [3.05, 3.63) is 0 Å². The molecular formula is C12H28N2. The van der Waals surface area contributed by atoms with Gasteiger partial charge in [0.1, 0.15) is 0 Å². The van der Waals surface area contributed by atoms with Gasteiger partial charge in [0.15, 0.2) is 0 Å². The predicted molar refractivity (Wildman–Crippen MR) is 64.5 cm³/mol. The molecule has 2 heteroatoms. The highest BCUT2D eigenvalue weighted by molar-refractivity contribution is 4.83. The highest BCUT2D eigenvalue weighted by Crippen LogP contribution is 2.17. The molecule has 14 heavy (non-hydrogen) atoms. The zero-order valence-electron chi connectivity index (χ0n) is 10.6. The molecular weight excluding hydrogens is 172 g/mol. The summed E-state index contributed by atoms with van der Waals surface area (Å²) in [6.45, 7) is 10.9. The lowest BCUT2D eigenvalue weighted by Crippen LogP contribution is -2.49. The minimum Gasteiger partial charge on any atom is -0.329 e. The van der Waals surface area contributed by atoms with Crippen LogP contribution in [0.15, 0.2) is 0 Å². The maximum Gasteiger partial charge on any atom is 0.0297 e. The van der Waals surface area contributed by atoms with Gasteiger partial charge in [0, 0.05) is 12.1 Å².